The molecule has 0 aliphatic heterocycles. The Kier molecular flexibility index (Phi) is 5.13. The molecule has 4 heteroatoms. The van der Waals surface area contributed by atoms with Gasteiger partial charge in [-0.05, 0) is 54.9 Å². The number of nitrogens with two attached hydrogens (primary N) is 1. The van der Waals surface area contributed by atoms with Gasteiger partial charge in [-0.25, -0.2) is 0 Å². The van der Waals surface area contributed by atoms with Crippen molar-refractivity contribution >= 4 is 39.3 Å². The lowest BCUT2D eigenvalue weighted by Gasteiger charge is -2.06. The zero-order valence-corrected chi connectivity index (χ0v) is 12.9. The van der Waals surface area contributed by atoms with Gasteiger partial charge < -0.3 is 5.73 Å². The number of hydrogen-bond donors (Lipinski definition) is 1. The molecule has 0 saturated carbocycles. The first-order valence-corrected chi connectivity index (χ1v) is 7.59. The second-order valence-electron chi connectivity index (χ2n) is 3.85. The smallest absolute Gasteiger partial charge is 0.0406 e. The van der Waals surface area contributed by atoms with E-state index in [0.717, 1.165) is 15.9 Å². The third-order valence-corrected chi connectivity index (χ3v) is 4.48. The van der Waals surface area contributed by atoms with E-state index in [4.69, 9.17) is 17.3 Å². The molecule has 0 spiro atoms. The van der Waals surface area contributed by atoms with E-state index in [-0.39, 0.29) is 0 Å². The van der Waals surface area contributed by atoms with Gasteiger partial charge in [-0.15, -0.1) is 0 Å². The number of hydrogen-bond acceptors (Lipinski definition) is 2. The van der Waals surface area contributed by atoms with Crippen molar-refractivity contribution in [1.82, 2.24) is 0 Å². The highest BCUT2D eigenvalue weighted by Gasteiger charge is 2.03. The molecular weight excluding hydrogens is 330 g/mol. The van der Waals surface area contributed by atoms with E-state index in [2.05, 4.69) is 34.1 Å². The number of rotatable bonds is 4. The van der Waals surface area contributed by atoms with Gasteiger partial charge in [-0.3, -0.25) is 0 Å². The summed E-state index contributed by atoms with van der Waals surface area (Å²) < 4.78 is 1.12. The molecule has 0 heterocycles. The van der Waals surface area contributed by atoms with E-state index in [9.17, 15) is 0 Å². The van der Waals surface area contributed by atoms with E-state index in [1.807, 2.05) is 24.3 Å². The Morgan fingerprint density at radius 1 is 1.06 bits per heavy atom. The van der Waals surface area contributed by atoms with Crippen LogP contribution in [0.5, 0.6) is 0 Å². The fourth-order valence-corrected chi connectivity index (χ4v) is 3.30. The summed E-state index contributed by atoms with van der Waals surface area (Å²) in [6.07, 6.45) is 0.895. The van der Waals surface area contributed by atoms with Crippen molar-refractivity contribution in [3.63, 3.8) is 0 Å². The summed E-state index contributed by atoms with van der Waals surface area (Å²) in [5, 5.41) is 0.763. The Balaban J connectivity index is 2.14. The Labute approximate surface area is 125 Å². The predicted molar refractivity (Wildman–Crippen MR) is 82.5 cm³/mol. The lowest BCUT2D eigenvalue weighted by atomic mass is 10.1. The third-order valence-electron chi connectivity index (χ3n) is 2.49. The van der Waals surface area contributed by atoms with Gasteiger partial charge in [0.05, 0.1) is 0 Å². The molecule has 0 amide bonds. The van der Waals surface area contributed by atoms with Crippen LogP contribution in [0.25, 0.3) is 0 Å². The molecule has 0 bridgehead atoms. The molecule has 0 unspecified atom stereocenters. The molecule has 18 heavy (non-hydrogen) atoms. The summed E-state index contributed by atoms with van der Waals surface area (Å²) >= 11 is 11.2. The summed E-state index contributed by atoms with van der Waals surface area (Å²) in [6.45, 7) is 0.669. The maximum atomic E-state index is 5.87. The molecule has 0 saturated heterocycles. The molecule has 2 aromatic rings. The zero-order valence-electron chi connectivity index (χ0n) is 9.70. The predicted octanol–water partition coefficient (Wildman–Crippen LogP) is 4.75. The zero-order chi connectivity index (χ0) is 13.0. The first kappa shape index (κ1) is 13.9. The van der Waals surface area contributed by atoms with Crippen LogP contribution in [0.15, 0.2) is 56.7 Å². The fraction of sp³-hybridized carbons (Fsp3) is 0.143. The summed E-state index contributed by atoms with van der Waals surface area (Å²) in [4.78, 5) is 2.38. The minimum Gasteiger partial charge on any atom is -0.330 e. The largest absolute Gasteiger partial charge is 0.330 e. The van der Waals surface area contributed by atoms with Gasteiger partial charge in [0.1, 0.15) is 0 Å². The van der Waals surface area contributed by atoms with E-state index < -0.39 is 0 Å². The monoisotopic (exact) mass is 341 g/mol. The SMILES string of the molecule is NCCc1ccc(Sc2ccc(Cl)cc2)cc1Br. The molecule has 1 nitrogen and oxygen atoms in total. The molecule has 94 valence electrons. The van der Waals surface area contributed by atoms with Crippen LogP contribution in [0.1, 0.15) is 5.56 Å². The lowest BCUT2D eigenvalue weighted by Crippen LogP contribution is -2.03. The van der Waals surface area contributed by atoms with Gasteiger partial charge in [0.15, 0.2) is 0 Å². The molecule has 0 atom stereocenters. The third kappa shape index (κ3) is 3.75. The van der Waals surface area contributed by atoms with Crippen LogP contribution in [0, 0.1) is 0 Å². The maximum Gasteiger partial charge on any atom is 0.0406 e. The Bertz CT molecular complexity index is 528. The summed E-state index contributed by atoms with van der Waals surface area (Å²) in [5.41, 5.74) is 6.81. The van der Waals surface area contributed by atoms with Crippen LogP contribution in [-0.2, 0) is 6.42 Å². The minimum atomic E-state index is 0.669. The average molecular weight is 343 g/mol. The highest BCUT2D eigenvalue weighted by Crippen LogP contribution is 2.31. The topological polar surface area (TPSA) is 26.0 Å². The summed E-state index contributed by atoms with van der Waals surface area (Å²) in [6, 6.07) is 14.2. The molecule has 2 aromatic carbocycles. The standard InChI is InChI=1S/C14H13BrClNS/c15-14-9-13(4-1-10(14)7-8-17)18-12-5-2-11(16)3-6-12/h1-6,9H,7-8,17H2. The summed E-state index contributed by atoms with van der Waals surface area (Å²) in [7, 11) is 0. The van der Waals surface area contributed by atoms with E-state index in [1.165, 1.54) is 15.4 Å². The molecule has 0 fully saturated rings. The lowest BCUT2D eigenvalue weighted by molar-refractivity contribution is 0.960. The van der Waals surface area contributed by atoms with Crippen molar-refractivity contribution in [2.45, 2.75) is 16.2 Å². The highest BCUT2D eigenvalue weighted by atomic mass is 79.9. The van der Waals surface area contributed by atoms with Crippen molar-refractivity contribution in [1.29, 1.82) is 0 Å². The van der Waals surface area contributed by atoms with Gasteiger partial charge in [0.25, 0.3) is 0 Å². The van der Waals surface area contributed by atoms with Gasteiger partial charge in [-0.2, -0.15) is 0 Å². The molecule has 0 radical (unpaired) electrons. The van der Waals surface area contributed by atoms with Crippen molar-refractivity contribution in [2.24, 2.45) is 5.73 Å². The quantitative estimate of drug-likeness (QED) is 0.867. The Hall–Kier alpha value is -0.480. The normalized spacial score (nSPS) is 10.6. The second-order valence-corrected chi connectivity index (χ2v) is 6.29. The van der Waals surface area contributed by atoms with Crippen molar-refractivity contribution in [3.05, 3.63) is 57.5 Å². The minimum absolute atomic E-state index is 0.669. The van der Waals surface area contributed by atoms with Crippen molar-refractivity contribution in [3.8, 4) is 0 Å². The maximum absolute atomic E-state index is 5.87. The number of benzene rings is 2. The van der Waals surface area contributed by atoms with Crippen LogP contribution < -0.4 is 5.73 Å². The van der Waals surface area contributed by atoms with Crippen LogP contribution >= 0.6 is 39.3 Å². The van der Waals surface area contributed by atoms with Gasteiger partial charge in [0, 0.05) is 19.3 Å². The Morgan fingerprint density at radius 2 is 1.72 bits per heavy atom. The van der Waals surface area contributed by atoms with E-state index in [1.54, 1.807) is 11.8 Å². The Morgan fingerprint density at radius 3 is 2.33 bits per heavy atom. The highest BCUT2D eigenvalue weighted by molar-refractivity contribution is 9.10. The van der Waals surface area contributed by atoms with Gasteiger partial charge >= 0.3 is 0 Å². The van der Waals surface area contributed by atoms with Gasteiger partial charge in [0.2, 0.25) is 0 Å². The molecule has 2 N–H and O–H groups in total. The molecular formula is C14H13BrClNS. The van der Waals surface area contributed by atoms with Crippen LogP contribution in [0.4, 0.5) is 0 Å². The van der Waals surface area contributed by atoms with Crippen molar-refractivity contribution in [2.75, 3.05) is 6.54 Å². The van der Waals surface area contributed by atoms with Crippen LogP contribution in [-0.4, -0.2) is 6.54 Å². The van der Waals surface area contributed by atoms with Crippen LogP contribution in [0.2, 0.25) is 5.02 Å². The fourth-order valence-electron chi connectivity index (χ4n) is 1.59. The first-order chi connectivity index (χ1) is 8.69. The van der Waals surface area contributed by atoms with Crippen LogP contribution in [0.3, 0.4) is 0 Å². The molecule has 0 aliphatic carbocycles. The van der Waals surface area contributed by atoms with Gasteiger partial charge in [-0.1, -0.05) is 45.4 Å². The van der Waals surface area contributed by atoms with Crippen molar-refractivity contribution < 1.29 is 0 Å². The van der Waals surface area contributed by atoms with E-state index in [0.29, 0.717) is 6.54 Å². The molecule has 0 aliphatic rings. The molecule has 2 rings (SSSR count). The number of halogens is 2. The second kappa shape index (κ2) is 6.62. The first-order valence-electron chi connectivity index (χ1n) is 5.61. The van der Waals surface area contributed by atoms with E-state index >= 15 is 0 Å². The molecule has 0 aromatic heterocycles. The average Bonchev–Trinajstić information content (AvgIpc) is 2.36. The summed E-state index contributed by atoms with van der Waals surface area (Å²) in [5.74, 6) is 0.